The molecule has 1 aromatic carbocycles. The van der Waals surface area contributed by atoms with Crippen molar-refractivity contribution in [2.75, 3.05) is 0 Å². The molecule has 0 saturated carbocycles. The highest BCUT2D eigenvalue weighted by Gasteiger charge is 2.20. The summed E-state index contributed by atoms with van der Waals surface area (Å²) in [6.45, 7) is 8.71. The molecular formula is C18H24N2O. The number of aryl methyl sites for hydroxylation is 1. The number of aromatic nitrogens is 1. The molecule has 0 amide bonds. The number of hydrogen-bond donors (Lipinski definition) is 1. The molecule has 1 N–H and O–H groups in total. The average molecular weight is 284 g/mol. The SMILES string of the molecule is C=CCC(C)(CC)NCc1cc2ccccc2n(C)c1=O. The quantitative estimate of drug-likeness (QED) is 0.825. The van der Waals surface area contributed by atoms with Gasteiger partial charge in [-0.05, 0) is 37.3 Å². The van der Waals surface area contributed by atoms with E-state index in [0.29, 0.717) is 6.54 Å². The minimum absolute atomic E-state index is 0.0155. The zero-order valence-electron chi connectivity index (χ0n) is 13.1. The summed E-state index contributed by atoms with van der Waals surface area (Å²) in [7, 11) is 1.83. The third-order valence-corrected chi connectivity index (χ3v) is 4.29. The zero-order valence-corrected chi connectivity index (χ0v) is 13.1. The Kier molecular flexibility index (Phi) is 4.63. The molecule has 1 unspecified atom stereocenters. The molecule has 0 fully saturated rings. The van der Waals surface area contributed by atoms with Gasteiger partial charge < -0.3 is 9.88 Å². The lowest BCUT2D eigenvalue weighted by Crippen LogP contribution is -2.42. The van der Waals surface area contributed by atoms with E-state index in [1.54, 1.807) is 4.57 Å². The topological polar surface area (TPSA) is 34.0 Å². The van der Waals surface area contributed by atoms with Crippen LogP contribution in [0.1, 0.15) is 32.3 Å². The van der Waals surface area contributed by atoms with Crippen LogP contribution in [0.25, 0.3) is 10.9 Å². The maximum atomic E-state index is 12.4. The van der Waals surface area contributed by atoms with Crippen LogP contribution in [0.15, 0.2) is 47.8 Å². The highest BCUT2D eigenvalue weighted by atomic mass is 16.1. The van der Waals surface area contributed by atoms with E-state index in [1.165, 1.54) is 0 Å². The first-order valence-electron chi connectivity index (χ1n) is 7.44. The zero-order chi connectivity index (χ0) is 15.5. The molecule has 1 aromatic heterocycles. The van der Waals surface area contributed by atoms with Gasteiger partial charge in [-0.25, -0.2) is 0 Å². The Labute approximate surface area is 126 Å². The van der Waals surface area contributed by atoms with Crippen LogP contribution >= 0.6 is 0 Å². The van der Waals surface area contributed by atoms with E-state index in [2.05, 4.69) is 25.7 Å². The fourth-order valence-electron chi connectivity index (χ4n) is 2.58. The first-order valence-corrected chi connectivity index (χ1v) is 7.44. The first kappa shape index (κ1) is 15.5. The molecule has 2 aromatic rings. The largest absolute Gasteiger partial charge is 0.311 e. The first-order chi connectivity index (χ1) is 10.0. The van der Waals surface area contributed by atoms with E-state index in [4.69, 9.17) is 0 Å². The number of pyridine rings is 1. The molecule has 0 aliphatic carbocycles. The molecule has 3 heteroatoms. The third-order valence-electron chi connectivity index (χ3n) is 4.29. The second-order valence-electron chi connectivity index (χ2n) is 5.85. The van der Waals surface area contributed by atoms with Crippen molar-refractivity contribution < 1.29 is 0 Å². The maximum Gasteiger partial charge on any atom is 0.255 e. The van der Waals surface area contributed by atoms with Crippen LogP contribution in [0, 0.1) is 0 Å². The van der Waals surface area contributed by atoms with Crippen LogP contribution in [0.5, 0.6) is 0 Å². The Balaban J connectivity index is 2.33. The van der Waals surface area contributed by atoms with Crippen LogP contribution < -0.4 is 10.9 Å². The van der Waals surface area contributed by atoms with Gasteiger partial charge in [0.1, 0.15) is 0 Å². The average Bonchev–Trinajstić information content (AvgIpc) is 2.50. The Morgan fingerprint density at radius 2 is 2.10 bits per heavy atom. The molecule has 1 heterocycles. The number of nitrogens with one attached hydrogen (secondary N) is 1. The van der Waals surface area contributed by atoms with Gasteiger partial charge in [0.2, 0.25) is 0 Å². The third kappa shape index (κ3) is 3.24. The summed E-state index contributed by atoms with van der Waals surface area (Å²) in [5.41, 5.74) is 1.83. The van der Waals surface area contributed by atoms with E-state index in [-0.39, 0.29) is 11.1 Å². The smallest absolute Gasteiger partial charge is 0.255 e. The fraction of sp³-hybridized carbons (Fsp3) is 0.389. The lowest BCUT2D eigenvalue weighted by atomic mass is 9.94. The van der Waals surface area contributed by atoms with Crippen LogP contribution in [0.3, 0.4) is 0 Å². The van der Waals surface area contributed by atoms with Crippen molar-refractivity contribution in [2.24, 2.45) is 7.05 Å². The van der Waals surface area contributed by atoms with Crippen molar-refractivity contribution in [3.8, 4) is 0 Å². The van der Waals surface area contributed by atoms with E-state index in [9.17, 15) is 4.79 Å². The number of rotatable bonds is 6. The summed E-state index contributed by atoms with van der Waals surface area (Å²) < 4.78 is 1.73. The predicted molar refractivity (Wildman–Crippen MR) is 89.5 cm³/mol. The second kappa shape index (κ2) is 6.27. The van der Waals surface area contributed by atoms with Gasteiger partial charge in [0.25, 0.3) is 5.56 Å². The van der Waals surface area contributed by atoms with Gasteiger partial charge in [-0.3, -0.25) is 4.79 Å². The number of fused-ring (bicyclic) bond motifs is 1. The summed E-state index contributed by atoms with van der Waals surface area (Å²) in [5, 5.41) is 4.61. The summed E-state index contributed by atoms with van der Waals surface area (Å²) >= 11 is 0. The lowest BCUT2D eigenvalue weighted by molar-refractivity contribution is 0.343. The molecule has 0 radical (unpaired) electrons. The normalized spacial score (nSPS) is 14.0. The van der Waals surface area contributed by atoms with Crippen LogP contribution in [0.2, 0.25) is 0 Å². The van der Waals surface area contributed by atoms with Crippen LogP contribution in [-0.4, -0.2) is 10.1 Å². The number of benzene rings is 1. The molecular weight excluding hydrogens is 260 g/mol. The summed E-state index contributed by atoms with van der Waals surface area (Å²) in [4.78, 5) is 12.4. The van der Waals surface area contributed by atoms with Gasteiger partial charge in [-0.15, -0.1) is 6.58 Å². The van der Waals surface area contributed by atoms with Crippen molar-refractivity contribution in [1.82, 2.24) is 9.88 Å². The molecule has 0 bridgehead atoms. The molecule has 0 aliphatic heterocycles. The number of para-hydroxylation sites is 1. The Morgan fingerprint density at radius 1 is 1.38 bits per heavy atom. The minimum atomic E-state index is -0.0155. The van der Waals surface area contributed by atoms with E-state index in [1.807, 2.05) is 43.5 Å². The van der Waals surface area contributed by atoms with Gasteiger partial charge in [-0.2, -0.15) is 0 Å². The van der Waals surface area contributed by atoms with E-state index in [0.717, 1.165) is 29.3 Å². The lowest BCUT2D eigenvalue weighted by Gasteiger charge is -2.28. The van der Waals surface area contributed by atoms with E-state index >= 15 is 0 Å². The second-order valence-corrected chi connectivity index (χ2v) is 5.85. The molecule has 21 heavy (non-hydrogen) atoms. The van der Waals surface area contributed by atoms with E-state index < -0.39 is 0 Å². The summed E-state index contributed by atoms with van der Waals surface area (Å²) in [6.07, 6.45) is 3.80. The molecule has 0 saturated heterocycles. The predicted octanol–water partition coefficient (Wildman–Crippen LogP) is 3.37. The Bertz CT molecular complexity index is 702. The molecule has 112 valence electrons. The minimum Gasteiger partial charge on any atom is -0.311 e. The van der Waals surface area contributed by atoms with Gasteiger partial charge in [0, 0.05) is 24.7 Å². The van der Waals surface area contributed by atoms with Crippen molar-refractivity contribution in [1.29, 1.82) is 0 Å². The Morgan fingerprint density at radius 3 is 2.76 bits per heavy atom. The Hall–Kier alpha value is -1.87. The van der Waals surface area contributed by atoms with Gasteiger partial charge in [-0.1, -0.05) is 31.2 Å². The molecule has 1 atom stereocenters. The van der Waals surface area contributed by atoms with Crippen molar-refractivity contribution in [3.05, 3.63) is 58.9 Å². The summed E-state index contributed by atoms with van der Waals surface area (Å²) in [6, 6.07) is 9.97. The van der Waals surface area contributed by atoms with Crippen molar-refractivity contribution >= 4 is 10.9 Å². The van der Waals surface area contributed by atoms with Crippen LogP contribution in [0.4, 0.5) is 0 Å². The molecule has 2 rings (SSSR count). The van der Waals surface area contributed by atoms with Gasteiger partial charge in [0.15, 0.2) is 0 Å². The van der Waals surface area contributed by atoms with Crippen molar-refractivity contribution in [3.63, 3.8) is 0 Å². The highest BCUT2D eigenvalue weighted by Crippen LogP contribution is 2.17. The maximum absolute atomic E-state index is 12.4. The fourth-order valence-corrected chi connectivity index (χ4v) is 2.58. The van der Waals surface area contributed by atoms with Gasteiger partial charge in [0.05, 0.1) is 5.52 Å². The van der Waals surface area contributed by atoms with Crippen molar-refractivity contribution in [2.45, 2.75) is 38.8 Å². The molecule has 0 aliphatic rings. The monoisotopic (exact) mass is 284 g/mol. The highest BCUT2D eigenvalue weighted by molar-refractivity contribution is 5.79. The molecule has 0 spiro atoms. The number of hydrogen-bond acceptors (Lipinski definition) is 2. The summed E-state index contributed by atoms with van der Waals surface area (Å²) in [5.74, 6) is 0. The number of nitrogens with zero attached hydrogens (tertiary/aromatic N) is 1. The van der Waals surface area contributed by atoms with Gasteiger partial charge >= 0.3 is 0 Å². The standard InChI is InChI=1S/C18H24N2O/c1-5-11-18(3,6-2)19-13-15-12-14-9-7-8-10-16(14)20(4)17(15)21/h5,7-10,12,19H,1,6,11,13H2,2-4H3. The molecule has 3 nitrogen and oxygen atoms in total. The van der Waals surface area contributed by atoms with Crippen LogP contribution in [-0.2, 0) is 13.6 Å².